The number of anilines is 2. The number of nitrogens with zero attached hydrogens (tertiary/aromatic N) is 5. The number of amides is 1. The highest BCUT2D eigenvalue weighted by Gasteiger charge is 2.32. The molecule has 11 nitrogen and oxygen atoms in total. The Bertz CT molecular complexity index is 1220. The maximum Gasteiger partial charge on any atom is 0.330 e. The van der Waals surface area contributed by atoms with Gasteiger partial charge in [-0.3, -0.25) is 19.1 Å². The first-order valence-corrected chi connectivity index (χ1v) is 12.5. The van der Waals surface area contributed by atoms with Gasteiger partial charge in [0, 0.05) is 12.6 Å². The van der Waals surface area contributed by atoms with Gasteiger partial charge in [0.2, 0.25) is 5.91 Å². The molecule has 1 aliphatic carbocycles. The van der Waals surface area contributed by atoms with E-state index in [1.807, 2.05) is 13.0 Å². The minimum absolute atomic E-state index is 0.0356. The summed E-state index contributed by atoms with van der Waals surface area (Å²) >= 11 is 1.23. The number of hydrogen-bond acceptors (Lipinski definition) is 8. The molecule has 0 atom stereocenters. The smallest absolute Gasteiger partial charge is 0.330 e. The molecule has 3 heterocycles. The maximum absolute atomic E-state index is 13.5. The molecule has 3 aromatic heterocycles. The average Bonchev–Trinajstić information content (AvgIpc) is 3.58. The van der Waals surface area contributed by atoms with Crippen molar-refractivity contribution >= 4 is 29.2 Å². The van der Waals surface area contributed by atoms with Gasteiger partial charge in [0.1, 0.15) is 17.9 Å². The zero-order valence-corrected chi connectivity index (χ0v) is 19.9. The average molecular weight is 488 g/mol. The van der Waals surface area contributed by atoms with Crippen molar-refractivity contribution in [3.8, 4) is 0 Å². The molecule has 182 valence electrons. The second-order valence-corrected chi connectivity index (χ2v) is 9.25. The Kier molecular flexibility index (Phi) is 7.56. The van der Waals surface area contributed by atoms with Crippen molar-refractivity contribution in [1.82, 2.24) is 24.3 Å². The first-order chi connectivity index (χ1) is 16.5. The molecule has 34 heavy (non-hydrogen) atoms. The van der Waals surface area contributed by atoms with Gasteiger partial charge in [-0.15, -0.1) is 10.2 Å². The highest BCUT2D eigenvalue weighted by Crippen LogP contribution is 2.30. The first kappa shape index (κ1) is 23.9. The number of nitrogen functional groups attached to an aromatic ring is 1. The maximum atomic E-state index is 13.5. The van der Waals surface area contributed by atoms with Crippen molar-refractivity contribution in [3.05, 3.63) is 51.3 Å². The second kappa shape index (κ2) is 10.8. The van der Waals surface area contributed by atoms with Crippen molar-refractivity contribution in [2.45, 2.75) is 69.7 Å². The lowest BCUT2D eigenvalue weighted by Crippen LogP contribution is -2.46. The van der Waals surface area contributed by atoms with Gasteiger partial charge in [-0.05, 0) is 31.4 Å². The van der Waals surface area contributed by atoms with E-state index in [0.717, 1.165) is 44.3 Å². The lowest BCUT2D eigenvalue weighted by atomic mass is 10.2. The van der Waals surface area contributed by atoms with Gasteiger partial charge in [0.25, 0.3) is 5.56 Å². The van der Waals surface area contributed by atoms with E-state index < -0.39 is 11.2 Å². The molecule has 0 spiro atoms. The minimum Gasteiger partial charge on any atom is -0.467 e. The number of hydrogen-bond donors (Lipinski definition) is 2. The zero-order chi connectivity index (χ0) is 24.1. The summed E-state index contributed by atoms with van der Waals surface area (Å²) in [4.78, 5) is 42.6. The standard InChI is InChI=1S/C22H29N7O4S/c1-2-3-10-28-19(23)18(20(31)25-21(28)32)29(15-7-4-5-8-15)17(30)13-34-22-26-24-14-27(22)12-16-9-6-11-33-16/h6,9,11,14-15H,2-5,7-8,10,12-13,23H2,1H3,(H,25,31,32). The van der Waals surface area contributed by atoms with Crippen molar-refractivity contribution in [1.29, 1.82) is 0 Å². The number of nitrogens with one attached hydrogen (secondary N) is 1. The third-order valence-electron chi connectivity index (χ3n) is 5.96. The van der Waals surface area contributed by atoms with E-state index in [1.54, 1.807) is 23.2 Å². The van der Waals surface area contributed by atoms with E-state index in [0.29, 0.717) is 18.2 Å². The molecule has 0 saturated heterocycles. The number of rotatable bonds is 10. The molecule has 1 aliphatic rings. The van der Waals surface area contributed by atoms with Crippen LogP contribution in [0.4, 0.5) is 11.5 Å². The van der Waals surface area contributed by atoms with Crippen LogP contribution >= 0.6 is 11.8 Å². The van der Waals surface area contributed by atoms with Crippen LogP contribution in [-0.4, -0.2) is 42.0 Å². The summed E-state index contributed by atoms with van der Waals surface area (Å²) < 4.78 is 8.53. The summed E-state index contributed by atoms with van der Waals surface area (Å²) in [6, 6.07) is 3.51. The topological polar surface area (TPSA) is 145 Å². The zero-order valence-electron chi connectivity index (χ0n) is 19.1. The molecule has 1 fully saturated rings. The number of aromatic amines is 1. The molecular formula is C22H29N7O4S. The fourth-order valence-corrected chi connectivity index (χ4v) is 5.03. The Morgan fingerprint density at radius 3 is 2.85 bits per heavy atom. The number of unbranched alkanes of at least 4 members (excludes halogenated alkanes) is 1. The van der Waals surface area contributed by atoms with Gasteiger partial charge in [0.05, 0.1) is 18.6 Å². The fourth-order valence-electron chi connectivity index (χ4n) is 4.25. The third kappa shape index (κ3) is 5.11. The summed E-state index contributed by atoms with van der Waals surface area (Å²) in [5, 5.41) is 8.63. The van der Waals surface area contributed by atoms with Crippen molar-refractivity contribution < 1.29 is 9.21 Å². The van der Waals surface area contributed by atoms with Gasteiger partial charge < -0.3 is 19.6 Å². The molecule has 3 N–H and O–H groups in total. The van der Waals surface area contributed by atoms with E-state index >= 15 is 0 Å². The highest BCUT2D eigenvalue weighted by atomic mass is 32.2. The molecule has 0 unspecified atom stereocenters. The van der Waals surface area contributed by atoms with Crippen LogP contribution in [0.1, 0.15) is 51.2 Å². The number of H-pyrrole nitrogens is 1. The normalized spacial score (nSPS) is 14.0. The molecule has 0 radical (unpaired) electrons. The molecule has 0 bridgehead atoms. The van der Waals surface area contributed by atoms with Gasteiger partial charge in [0.15, 0.2) is 10.8 Å². The molecule has 4 rings (SSSR count). The molecular weight excluding hydrogens is 458 g/mol. The highest BCUT2D eigenvalue weighted by molar-refractivity contribution is 7.99. The number of carbonyl (C=O) groups excluding carboxylic acids is 1. The number of aromatic nitrogens is 5. The first-order valence-electron chi connectivity index (χ1n) is 11.5. The van der Waals surface area contributed by atoms with Gasteiger partial charge in [-0.2, -0.15) is 0 Å². The summed E-state index contributed by atoms with van der Waals surface area (Å²) in [5.41, 5.74) is 5.19. The number of thioether (sulfide) groups is 1. The van der Waals surface area contributed by atoms with Gasteiger partial charge in [-0.1, -0.05) is 37.9 Å². The molecule has 3 aromatic rings. The fraction of sp³-hybridized carbons (Fsp3) is 0.500. The predicted molar refractivity (Wildman–Crippen MR) is 129 cm³/mol. The number of carbonyl (C=O) groups is 1. The van der Waals surface area contributed by atoms with E-state index in [-0.39, 0.29) is 29.2 Å². The van der Waals surface area contributed by atoms with E-state index in [1.165, 1.54) is 21.2 Å². The Morgan fingerprint density at radius 1 is 1.35 bits per heavy atom. The Balaban J connectivity index is 1.60. The lowest BCUT2D eigenvalue weighted by molar-refractivity contribution is -0.116. The third-order valence-corrected chi connectivity index (χ3v) is 6.93. The molecule has 1 saturated carbocycles. The minimum atomic E-state index is -0.638. The number of furan rings is 1. The van der Waals surface area contributed by atoms with E-state index in [9.17, 15) is 14.4 Å². The van der Waals surface area contributed by atoms with Crippen LogP contribution in [0.2, 0.25) is 0 Å². The molecule has 0 aromatic carbocycles. The summed E-state index contributed by atoms with van der Waals surface area (Å²) in [7, 11) is 0. The van der Waals surface area contributed by atoms with Crippen LogP contribution in [-0.2, 0) is 17.9 Å². The Labute approximate surface area is 200 Å². The van der Waals surface area contributed by atoms with Crippen LogP contribution < -0.4 is 21.9 Å². The van der Waals surface area contributed by atoms with Crippen molar-refractivity contribution in [2.75, 3.05) is 16.4 Å². The predicted octanol–water partition coefficient (Wildman–Crippen LogP) is 2.22. The van der Waals surface area contributed by atoms with Crippen LogP contribution in [0.5, 0.6) is 0 Å². The van der Waals surface area contributed by atoms with Gasteiger partial charge in [-0.25, -0.2) is 4.79 Å². The monoisotopic (exact) mass is 487 g/mol. The van der Waals surface area contributed by atoms with Crippen LogP contribution in [0.3, 0.4) is 0 Å². The van der Waals surface area contributed by atoms with E-state index in [4.69, 9.17) is 10.2 Å². The quantitative estimate of drug-likeness (QED) is 0.414. The number of nitrogens with two attached hydrogens (primary N) is 1. The summed E-state index contributed by atoms with van der Waals surface area (Å²) in [6.45, 7) is 2.82. The summed E-state index contributed by atoms with van der Waals surface area (Å²) in [5.74, 6) is 0.560. The lowest BCUT2D eigenvalue weighted by Gasteiger charge is -2.29. The van der Waals surface area contributed by atoms with Gasteiger partial charge >= 0.3 is 5.69 Å². The molecule has 1 amide bonds. The SMILES string of the molecule is CCCCn1c(N)c(N(C(=O)CSc2nncn2Cc2ccco2)C2CCCC2)c(=O)[nH]c1=O. The van der Waals surface area contributed by atoms with Crippen LogP contribution in [0, 0.1) is 0 Å². The van der Waals surface area contributed by atoms with E-state index in [2.05, 4.69) is 15.2 Å². The second-order valence-electron chi connectivity index (χ2n) is 8.31. The Hall–Kier alpha value is -3.28. The molecule has 0 aliphatic heterocycles. The van der Waals surface area contributed by atoms with Crippen LogP contribution in [0.15, 0.2) is 43.9 Å². The van der Waals surface area contributed by atoms with Crippen molar-refractivity contribution in [3.63, 3.8) is 0 Å². The Morgan fingerprint density at radius 2 is 2.15 bits per heavy atom. The van der Waals surface area contributed by atoms with Crippen molar-refractivity contribution in [2.24, 2.45) is 0 Å². The molecule has 12 heteroatoms. The largest absolute Gasteiger partial charge is 0.467 e. The van der Waals surface area contributed by atoms with Crippen LogP contribution in [0.25, 0.3) is 0 Å². The summed E-state index contributed by atoms with van der Waals surface area (Å²) in [6.07, 6.45) is 8.25.